The van der Waals surface area contributed by atoms with Crippen LogP contribution in [-0.4, -0.2) is 30.3 Å². The molecule has 0 unspecified atom stereocenters. The fourth-order valence-corrected chi connectivity index (χ4v) is 3.37. The van der Waals surface area contributed by atoms with E-state index in [4.69, 9.17) is 26.4 Å². The van der Waals surface area contributed by atoms with Gasteiger partial charge in [-0.05, 0) is 75.8 Å². The number of carbonyl (C=O) groups excluding carboxylic acids is 1. The highest BCUT2D eigenvalue weighted by atomic mass is 32.1. The van der Waals surface area contributed by atoms with Gasteiger partial charge in [-0.3, -0.25) is 4.79 Å². The van der Waals surface area contributed by atoms with Gasteiger partial charge in [-0.15, -0.1) is 0 Å². The highest BCUT2D eigenvalue weighted by Gasteiger charge is 2.33. The molecule has 2 aromatic rings. The van der Waals surface area contributed by atoms with Gasteiger partial charge in [-0.25, -0.2) is 4.90 Å². The fraction of sp³-hybridized carbons (Fsp3) is 0.304. The van der Waals surface area contributed by atoms with Crippen LogP contribution in [0.1, 0.15) is 33.3 Å². The zero-order chi connectivity index (χ0) is 21.7. The maximum atomic E-state index is 13.1. The molecule has 1 heterocycles. The molecule has 0 spiro atoms. The summed E-state index contributed by atoms with van der Waals surface area (Å²) in [7, 11) is 0. The number of hydrogen-bond donors (Lipinski definition) is 1. The zero-order valence-corrected chi connectivity index (χ0v) is 18.4. The lowest BCUT2D eigenvalue weighted by molar-refractivity contribution is -0.113. The average molecular weight is 427 g/mol. The third kappa shape index (κ3) is 4.74. The van der Waals surface area contributed by atoms with Crippen LogP contribution in [0.25, 0.3) is 6.08 Å². The zero-order valence-electron chi connectivity index (χ0n) is 17.6. The maximum Gasteiger partial charge on any atom is 0.281 e. The predicted octanol–water partition coefficient (Wildman–Crippen LogP) is 4.53. The van der Waals surface area contributed by atoms with E-state index >= 15 is 0 Å². The summed E-state index contributed by atoms with van der Waals surface area (Å²) < 4.78 is 17.2. The van der Waals surface area contributed by atoms with E-state index in [2.05, 4.69) is 5.32 Å². The van der Waals surface area contributed by atoms with Gasteiger partial charge in [0.25, 0.3) is 5.91 Å². The van der Waals surface area contributed by atoms with E-state index in [1.165, 1.54) is 4.90 Å². The Morgan fingerprint density at radius 1 is 1.03 bits per heavy atom. The number of thiocarbonyl (C=S) groups is 1. The minimum absolute atomic E-state index is 0.0304. The van der Waals surface area contributed by atoms with Crippen molar-refractivity contribution in [2.75, 3.05) is 18.1 Å². The number of para-hydroxylation sites is 2. The molecule has 3 rings (SSSR count). The molecule has 1 aliphatic rings. The molecule has 6 nitrogen and oxygen atoms in total. The Balaban J connectivity index is 1.91. The number of amides is 1. The van der Waals surface area contributed by atoms with Crippen molar-refractivity contribution < 1.29 is 19.0 Å². The third-order valence-electron chi connectivity index (χ3n) is 4.23. The molecule has 1 aliphatic heterocycles. The van der Waals surface area contributed by atoms with E-state index in [-0.39, 0.29) is 12.0 Å². The van der Waals surface area contributed by atoms with Crippen LogP contribution >= 0.6 is 12.2 Å². The van der Waals surface area contributed by atoms with Crippen molar-refractivity contribution in [3.05, 3.63) is 53.7 Å². The maximum absolute atomic E-state index is 13.1. The number of benzene rings is 2. The molecule has 0 aromatic heterocycles. The van der Waals surface area contributed by atoms with Crippen LogP contribution in [0.15, 0.2) is 48.2 Å². The Bertz CT molecular complexity index is 971. The Kier molecular flexibility index (Phi) is 6.95. The Morgan fingerprint density at radius 2 is 1.73 bits per heavy atom. The van der Waals surface area contributed by atoms with Crippen molar-refractivity contribution in [2.45, 2.75) is 33.8 Å². The molecular weight excluding hydrogens is 400 g/mol. The van der Waals surface area contributed by atoms with E-state index in [0.717, 1.165) is 5.56 Å². The number of rotatable bonds is 8. The number of carbonyl (C=O) groups is 1. The summed E-state index contributed by atoms with van der Waals surface area (Å²) in [4.78, 5) is 14.5. The van der Waals surface area contributed by atoms with Gasteiger partial charge in [-0.2, -0.15) is 0 Å². The van der Waals surface area contributed by atoms with Crippen LogP contribution in [0.2, 0.25) is 0 Å². The summed E-state index contributed by atoms with van der Waals surface area (Å²) in [5, 5.41) is 3.32. The van der Waals surface area contributed by atoms with Crippen molar-refractivity contribution in [1.29, 1.82) is 0 Å². The summed E-state index contributed by atoms with van der Waals surface area (Å²) >= 11 is 5.43. The van der Waals surface area contributed by atoms with Crippen LogP contribution < -0.4 is 24.4 Å². The van der Waals surface area contributed by atoms with Crippen LogP contribution in [0, 0.1) is 0 Å². The SMILES string of the molecule is CCOc1cc(/C=C2/NC(=S)N(c3ccccc3OCC)C2=O)ccc1OC(C)C. The quantitative estimate of drug-likeness (QED) is 0.494. The molecule has 0 atom stereocenters. The van der Waals surface area contributed by atoms with Crippen LogP contribution in [0.4, 0.5) is 5.69 Å². The second-order valence-corrected chi connectivity index (χ2v) is 7.22. The van der Waals surface area contributed by atoms with Crippen molar-refractivity contribution in [1.82, 2.24) is 5.32 Å². The Labute approximate surface area is 182 Å². The van der Waals surface area contributed by atoms with Gasteiger partial charge in [0.2, 0.25) is 0 Å². The van der Waals surface area contributed by atoms with E-state index in [1.807, 2.05) is 70.2 Å². The summed E-state index contributed by atoms with van der Waals surface area (Å²) in [6, 6.07) is 12.9. The lowest BCUT2D eigenvalue weighted by Gasteiger charge is -2.18. The molecule has 1 amide bonds. The lowest BCUT2D eigenvalue weighted by Crippen LogP contribution is -2.30. The molecule has 0 radical (unpaired) electrons. The highest BCUT2D eigenvalue weighted by Crippen LogP contribution is 2.33. The molecule has 0 bridgehead atoms. The average Bonchev–Trinajstić information content (AvgIpc) is 2.98. The van der Waals surface area contributed by atoms with Gasteiger partial charge in [0.05, 0.1) is 25.0 Å². The van der Waals surface area contributed by atoms with Crippen molar-refractivity contribution in [3.63, 3.8) is 0 Å². The van der Waals surface area contributed by atoms with Crippen molar-refractivity contribution in [3.8, 4) is 17.2 Å². The van der Waals surface area contributed by atoms with Crippen LogP contribution in [0.5, 0.6) is 17.2 Å². The summed E-state index contributed by atoms with van der Waals surface area (Å²) in [6.07, 6.45) is 1.78. The summed E-state index contributed by atoms with van der Waals surface area (Å²) in [5.74, 6) is 1.66. The first-order valence-corrected chi connectivity index (χ1v) is 10.4. The van der Waals surface area contributed by atoms with Gasteiger partial charge in [0, 0.05) is 0 Å². The molecule has 7 heteroatoms. The van der Waals surface area contributed by atoms with E-state index < -0.39 is 0 Å². The minimum atomic E-state index is -0.243. The van der Waals surface area contributed by atoms with Gasteiger partial charge in [0.1, 0.15) is 11.4 Å². The molecule has 1 N–H and O–H groups in total. The molecule has 0 saturated carbocycles. The van der Waals surface area contributed by atoms with Crippen molar-refractivity contribution in [2.24, 2.45) is 0 Å². The number of hydrogen-bond acceptors (Lipinski definition) is 5. The number of ether oxygens (including phenoxy) is 3. The molecular formula is C23H26N2O4S. The molecule has 1 fully saturated rings. The summed E-state index contributed by atoms with van der Waals surface area (Å²) in [6.45, 7) is 8.74. The van der Waals surface area contributed by atoms with E-state index in [0.29, 0.717) is 47.0 Å². The number of nitrogens with zero attached hydrogens (tertiary/aromatic N) is 1. The molecule has 1 saturated heterocycles. The number of anilines is 1. The molecule has 2 aromatic carbocycles. The third-order valence-corrected chi connectivity index (χ3v) is 4.51. The van der Waals surface area contributed by atoms with Crippen LogP contribution in [-0.2, 0) is 4.79 Å². The van der Waals surface area contributed by atoms with Crippen LogP contribution in [0.3, 0.4) is 0 Å². The topological polar surface area (TPSA) is 60.0 Å². The van der Waals surface area contributed by atoms with Crippen molar-refractivity contribution >= 4 is 35.0 Å². The smallest absolute Gasteiger partial charge is 0.281 e. The Hall–Kier alpha value is -3.06. The molecule has 0 aliphatic carbocycles. The first-order valence-electron chi connectivity index (χ1n) is 9.97. The monoisotopic (exact) mass is 426 g/mol. The first-order chi connectivity index (χ1) is 14.4. The summed E-state index contributed by atoms with van der Waals surface area (Å²) in [5.41, 5.74) is 1.79. The second-order valence-electron chi connectivity index (χ2n) is 6.84. The minimum Gasteiger partial charge on any atom is -0.492 e. The van der Waals surface area contributed by atoms with E-state index in [1.54, 1.807) is 6.08 Å². The number of nitrogens with one attached hydrogen (secondary N) is 1. The molecule has 30 heavy (non-hydrogen) atoms. The van der Waals surface area contributed by atoms with E-state index in [9.17, 15) is 4.79 Å². The first kappa shape index (κ1) is 21.6. The molecule has 158 valence electrons. The van der Waals surface area contributed by atoms with Gasteiger partial charge >= 0.3 is 0 Å². The standard InChI is InChI=1S/C23H26N2O4S/c1-5-27-19-10-8-7-9-18(19)25-22(26)17(24-23(25)30)13-16-11-12-20(29-15(3)4)21(14-16)28-6-2/h7-15H,5-6H2,1-4H3,(H,24,30)/b17-13+. The Morgan fingerprint density at radius 3 is 2.43 bits per heavy atom. The van der Waals surface area contributed by atoms with Gasteiger partial charge in [-0.1, -0.05) is 18.2 Å². The fourth-order valence-electron chi connectivity index (χ4n) is 3.07. The largest absolute Gasteiger partial charge is 0.492 e. The predicted molar refractivity (Wildman–Crippen MR) is 122 cm³/mol. The normalized spacial score (nSPS) is 15.0. The second kappa shape index (κ2) is 9.63. The van der Waals surface area contributed by atoms with Gasteiger partial charge in [0.15, 0.2) is 16.6 Å². The van der Waals surface area contributed by atoms with Gasteiger partial charge < -0.3 is 19.5 Å². The highest BCUT2D eigenvalue weighted by molar-refractivity contribution is 7.80. The lowest BCUT2D eigenvalue weighted by atomic mass is 10.1.